The van der Waals surface area contributed by atoms with Gasteiger partial charge in [-0.3, -0.25) is 4.90 Å². The van der Waals surface area contributed by atoms with Gasteiger partial charge in [0.2, 0.25) is 0 Å². The molecule has 1 saturated heterocycles. The monoisotopic (exact) mass is 262 g/mol. The number of methoxy groups -OCH3 is 1. The Hall–Kier alpha value is -0.900. The van der Waals surface area contributed by atoms with E-state index >= 15 is 0 Å². The van der Waals surface area contributed by atoms with E-state index in [9.17, 15) is 0 Å². The van der Waals surface area contributed by atoms with Gasteiger partial charge in [-0.25, -0.2) is 0 Å². The van der Waals surface area contributed by atoms with Crippen LogP contribution in [0.5, 0.6) is 0 Å². The summed E-state index contributed by atoms with van der Waals surface area (Å²) in [6, 6.07) is 11.1. The highest BCUT2D eigenvalue weighted by Gasteiger charge is 2.27. The number of benzene rings is 1. The molecule has 2 rings (SSSR count). The number of likely N-dealkylation sites (N-methyl/N-ethyl adjacent to an activating group) is 1. The second kappa shape index (κ2) is 7.04. The van der Waals surface area contributed by atoms with E-state index in [1.165, 1.54) is 18.5 Å². The minimum atomic E-state index is 0.377. The highest BCUT2D eigenvalue weighted by atomic mass is 16.5. The number of hydrogen-bond donors (Lipinski definition) is 1. The summed E-state index contributed by atoms with van der Waals surface area (Å²) in [7, 11) is 3.87. The average Bonchev–Trinajstić information content (AvgIpc) is 2.47. The maximum absolute atomic E-state index is 5.59. The van der Waals surface area contributed by atoms with Crippen LogP contribution in [0.25, 0.3) is 0 Å². The average molecular weight is 262 g/mol. The molecule has 19 heavy (non-hydrogen) atoms. The molecule has 0 bridgehead atoms. The van der Waals surface area contributed by atoms with Gasteiger partial charge in [0, 0.05) is 26.2 Å². The van der Waals surface area contributed by atoms with Crippen LogP contribution in [0.3, 0.4) is 0 Å². The van der Waals surface area contributed by atoms with Gasteiger partial charge in [-0.1, -0.05) is 37.3 Å². The molecule has 3 atom stereocenters. The highest BCUT2D eigenvalue weighted by molar-refractivity contribution is 5.19. The number of ether oxygens (including phenoxy) is 1. The van der Waals surface area contributed by atoms with E-state index in [0.717, 1.165) is 13.1 Å². The van der Waals surface area contributed by atoms with E-state index in [1.54, 1.807) is 0 Å². The van der Waals surface area contributed by atoms with Gasteiger partial charge < -0.3 is 10.1 Å². The Morgan fingerprint density at radius 3 is 2.74 bits per heavy atom. The molecule has 3 heteroatoms. The summed E-state index contributed by atoms with van der Waals surface area (Å²) in [5.41, 5.74) is 1.36. The smallest absolute Gasteiger partial charge is 0.0724 e. The third kappa shape index (κ3) is 3.78. The lowest BCUT2D eigenvalue weighted by molar-refractivity contribution is -0.00729. The van der Waals surface area contributed by atoms with Crippen LogP contribution in [-0.2, 0) is 4.74 Å². The van der Waals surface area contributed by atoms with Crippen LogP contribution in [0, 0.1) is 5.92 Å². The molecule has 0 aliphatic carbocycles. The highest BCUT2D eigenvalue weighted by Crippen LogP contribution is 2.22. The Bertz CT molecular complexity index is 368. The Morgan fingerprint density at radius 1 is 1.37 bits per heavy atom. The number of piperidine rings is 1. The van der Waals surface area contributed by atoms with Gasteiger partial charge in [0.25, 0.3) is 0 Å². The van der Waals surface area contributed by atoms with Gasteiger partial charge in [-0.15, -0.1) is 0 Å². The second-order valence-corrected chi connectivity index (χ2v) is 5.55. The Morgan fingerprint density at radius 2 is 2.11 bits per heavy atom. The van der Waals surface area contributed by atoms with Crippen molar-refractivity contribution in [3.05, 3.63) is 35.9 Å². The van der Waals surface area contributed by atoms with Crippen molar-refractivity contribution >= 4 is 0 Å². The molecule has 1 aliphatic heterocycles. The van der Waals surface area contributed by atoms with Crippen LogP contribution in [0.15, 0.2) is 30.3 Å². The molecule has 0 saturated carbocycles. The molecular formula is C16H26N2O. The van der Waals surface area contributed by atoms with E-state index < -0.39 is 0 Å². The van der Waals surface area contributed by atoms with E-state index in [1.807, 2.05) is 14.2 Å². The summed E-state index contributed by atoms with van der Waals surface area (Å²) >= 11 is 0. The molecule has 0 amide bonds. The normalized spacial score (nSPS) is 26.3. The fraction of sp³-hybridized carbons (Fsp3) is 0.625. The molecule has 1 aromatic rings. The van der Waals surface area contributed by atoms with Crippen molar-refractivity contribution in [2.75, 3.05) is 33.8 Å². The van der Waals surface area contributed by atoms with Crippen molar-refractivity contribution in [1.29, 1.82) is 0 Å². The first-order valence-corrected chi connectivity index (χ1v) is 7.22. The Balaban J connectivity index is 1.96. The molecule has 1 aliphatic rings. The molecule has 0 aromatic heterocycles. The quantitative estimate of drug-likeness (QED) is 0.881. The van der Waals surface area contributed by atoms with Crippen LogP contribution in [-0.4, -0.2) is 44.8 Å². The van der Waals surface area contributed by atoms with Crippen molar-refractivity contribution in [1.82, 2.24) is 10.2 Å². The Labute approximate surface area is 116 Å². The summed E-state index contributed by atoms with van der Waals surface area (Å²) in [6.07, 6.45) is 1.60. The summed E-state index contributed by atoms with van der Waals surface area (Å²) in [6.45, 7) is 5.56. The molecule has 0 spiro atoms. The lowest BCUT2D eigenvalue weighted by atomic mass is 9.95. The van der Waals surface area contributed by atoms with Crippen molar-refractivity contribution in [3.63, 3.8) is 0 Å². The molecule has 3 unspecified atom stereocenters. The third-order valence-corrected chi connectivity index (χ3v) is 4.27. The molecule has 106 valence electrons. The predicted octanol–water partition coefficient (Wildman–Crippen LogP) is 2.30. The first kappa shape index (κ1) is 14.5. The number of nitrogens with zero attached hydrogens (tertiary/aromatic N) is 1. The van der Waals surface area contributed by atoms with Gasteiger partial charge in [0.15, 0.2) is 0 Å². The SMILES string of the molecule is CNC(CN1CCC(C)C(OC)C1)c1ccccc1. The Kier molecular flexibility index (Phi) is 5.37. The lowest BCUT2D eigenvalue weighted by Crippen LogP contribution is -2.46. The second-order valence-electron chi connectivity index (χ2n) is 5.55. The van der Waals surface area contributed by atoms with Crippen LogP contribution < -0.4 is 5.32 Å². The summed E-state index contributed by atoms with van der Waals surface area (Å²) in [5, 5.41) is 3.43. The minimum Gasteiger partial charge on any atom is -0.380 e. The lowest BCUT2D eigenvalue weighted by Gasteiger charge is -2.37. The third-order valence-electron chi connectivity index (χ3n) is 4.27. The zero-order chi connectivity index (χ0) is 13.7. The maximum Gasteiger partial charge on any atom is 0.0724 e. The molecule has 1 heterocycles. The topological polar surface area (TPSA) is 24.5 Å². The van der Waals surface area contributed by atoms with Crippen LogP contribution >= 0.6 is 0 Å². The summed E-state index contributed by atoms with van der Waals surface area (Å²) in [5.74, 6) is 0.672. The van der Waals surface area contributed by atoms with Crippen molar-refractivity contribution in [2.45, 2.75) is 25.5 Å². The van der Waals surface area contributed by atoms with E-state index in [-0.39, 0.29) is 0 Å². The summed E-state index contributed by atoms with van der Waals surface area (Å²) < 4.78 is 5.59. The molecule has 1 aromatic carbocycles. The zero-order valence-electron chi connectivity index (χ0n) is 12.3. The first-order chi connectivity index (χ1) is 9.24. The summed E-state index contributed by atoms with van der Waals surface area (Å²) in [4.78, 5) is 2.52. The predicted molar refractivity (Wildman–Crippen MR) is 79.3 cm³/mol. The molecule has 1 fully saturated rings. The molecule has 0 radical (unpaired) electrons. The number of nitrogens with one attached hydrogen (secondary N) is 1. The first-order valence-electron chi connectivity index (χ1n) is 7.22. The van der Waals surface area contributed by atoms with Gasteiger partial charge in [-0.2, -0.15) is 0 Å². The van der Waals surface area contributed by atoms with Gasteiger partial charge in [-0.05, 0) is 31.5 Å². The van der Waals surface area contributed by atoms with Gasteiger partial charge in [0.1, 0.15) is 0 Å². The zero-order valence-corrected chi connectivity index (χ0v) is 12.3. The molecular weight excluding hydrogens is 236 g/mol. The number of hydrogen-bond acceptors (Lipinski definition) is 3. The van der Waals surface area contributed by atoms with Crippen molar-refractivity contribution < 1.29 is 4.74 Å². The number of likely N-dealkylation sites (tertiary alicyclic amines) is 1. The van der Waals surface area contributed by atoms with Crippen molar-refractivity contribution in [2.24, 2.45) is 5.92 Å². The van der Waals surface area contributed by atoms with Crippen LogP contribution in [0.4, 0.5) is 0 Å². The van der Waals surface area contributed by atoms with Gasteiger partial charge >= 0.3 is 0 Å². The van der Waals surface area contributed by atoms with Crippen LogP contribution in [0.2, 0.25) is 0 Å². The fourth-order valence-electron chi connectivity index (χ4n) is 2.88. The number of rotatable bonds is 5. The minimum absolute atomic E-state index is 0.377. The van der Waals surface area contributed by atoms with E-state index in [0.29, 0.717) is 18.1 Å². The standard InChI is InChI=1S/C16H26N2O/c1-13-9-10-18(12-16(13)19-3)11-15(17-2)14-7-5-4-6-8-14/h4-8,13,15-17H,9-12H2,1-3H3. The van der Waals surface area contributed by atoms with Gasteiger partial charge in [0.05, 0.1) is 6.10 Å². The maximum atomic E-state index is 5.59. The van der Waals surface area contributed by atoms with Crippen LogP contribution in [0.1, 0.15) is 24.9 Å². The van der Waals surface area contributed by atoms with E-state index in [2.05, 4.69) is 47.5 Å². The molecule has 1 N–H and O–H groups in total. The molecule has 3 nitrogen and oxygen atoms in total. The van der Waals surface area contributed by atoms with E-state index in [4.69, 9.17) is 4.74 Å². The largest absolute Gasteiger partial charge is 0.380 e. The van der Waals surface area contributed by atoms with Crippen molar-refractivity contribution in [3.8, 4) is 0 Å². The fourth-order valence-corrected chi connectivity index (χ4v) is 2.88.